The van der Waals surface area contributed by atoms with Crippen LogP contribution < -0.4 is 21.3 Å². The number of likely N-dealkylation sites (N-methyl/N-ethyl adjacent to an activating group) is 1. The molecule has 4 unspecified atom stereocenters. The van der Waals surface area contributed by atoms with Crippen LogP contribution in [0, 0.1) is 28.6 Å². The Balaban J connectivity index is 1.84. The third kappa shape index (κ3) is 6.46. The Kier molecular flexibility index (Phi) is 8.51. The van der Waals surface area contributed by atoms with Crippen molar-refractivity contribution in [2.45, 2.75) is 105 Å². The fourth-order valence-corrected chi connectivity index (χ4v) is 6.64. The summed E-state index contributed by atoms with van der Waals surface area (Å²) in [5, 5.41) is 14.3. The van der Waals surface area contributed by atoms with Crippen LogP contribution in [0.1, 0.15) is 81.1 Å². The molecule has 0 amide bonds. The molecule has 3 fully saturated rings. The Hall–Kier alpha value is -2.30. The van der Waals surface area contributed by atoms with Crippen molar-refractivity contribution in [2.75, 3.05) is 13.6 Å². The van der Waals surface area contributed by atoms with Gasteiger partial charge in [0.25, 0.3) is 0 Å². The number of fused-ring (bicyclic) bond motifs is 1. The predicted molar refractivity (Wildman–Crippen MR) is 164 cm³/mol. The predicted octanol–water partition coefficient (Wildman–Crippen LogP) is 6.27. The van der Waals surface area contributed by atoms with Crippen molar-refractivity contribution in [3.05, 3.63) is 61.4 Å². The van der Waals surface area contributed by atoms with Gasteiger partial charge in [-0.05, 0) is 61.3 Å². The Bertz CT molecular complexity index is 955. The van der Waals surface area contributed by atoms with Crippen LogP contribution in [0.2, 0.25) is 0 Å². The molecule has 38 heavy (non-hydrogen) atoms. The normalized spacial score (nSPS) is 25.8. The molecule has 1 heterocycles. The minimum Gasteiger partial charge on any atom is -0.388 e. The summed E-state index contributed by atoms with van der Waals surface area (Å²) in [6.45, 7) is 41.4. The molecule has 0 bridgehead atoms. The van der Waals surface area contributed by atoms with Crippen molar-refractivity contribution in [2.24, 2.45) is 28.6 Å². The van der Waals surface area contributed by atoms with E-state index in [9.17, 15) is 0 Å². The maximum atomic E-state index is 4.70. The first kappa shape index (κ1) is 30.2. The van der Waals surface area contributed by atoms with Crippen LogP contribution in [0.25, 0.3) is 0 Å². The van der Waals surface area contributed by atoms with E-state index in [0.717, 1.165) is 47.4 Å². The summed E-state index contributed by atoms with van der Waals surface area (Å²) in [5.74, 6) is 2.78. The fourth-order valence-electron chi connectivity index (χ4n) is 6.64. The topological polar surface area (TPSA) is 51.4 Å². The van der Waals surface area contributed by atoms with Gasteiger partial charge in [0.2, 0.25) is 0 Å². The lowest BCUT2D eigenvalue weighted by Gasteiger charge is -2.44. The number of likely N-dealkylation sites (tertiary alicyclic amines) is 1. The summed E-state index contributed by atoms with van der Waals surface area (Å²) in [7, 11) is 1.92. The van der Waals surface area contributed by atoms with Crippen molar-refractivity contribution in [1.82, 2.24) is 26.2 Å². The van der Waals surface area contributed by atoms with E-state index in [1.807, 2.05) is 7.05 Å². The molecular weight excluding hydrogens is 466 g/mol. The van der Waals surface area contributed by atoms with Gasteiger partial charge in [0.15, 0.2) is 0 Å². The van der Waals surface area contributed by atoms with E-state index in [4.69, 9.17) is 6.58 Å². The van der Waals surface area contributed by atoms with E-state index < -0.39 is 0 Å². The molecule has 0 aromatic carbocycles. The highest BCUT2D eigenvalue weighted by Crippen LogP contribution is 2.66. The van der Waals surface area contributed by atoms with Gasteiger partial charge in [-0.2, -0.15) is 0 Å². The molecule has 2 saturated carbocycles. The third-order valence-electron chi connectivity index (χ3n) is 9.24. The summed E-state index contributed by atoms with van der Waals surface area (Å²) in [5.41, 5.74) is 4.32. The maximum Gasteiger partial charge on any atom is 0.0921 e. The highest BCUT2D eigenvalue weighted by atomic mass is 15.3. The molecule has 0 spiro atoms. The second-order valence-electron chi connectivity index (χ2n) is 14.8. The Morgan fingerprint density at radius 3 is 2.05 bits per heavy atom. The lowest BCUT2D eigenvalue weighted by atomic mass is 9.79. The monoisotopic (exact) mass is 523 g/mol. The molecule has 0 aromatic heterocycles. The van der Waals surface area contributed by atoms with E-state index in [0.29, 0.717) is 17.3 Å². The van der Waals surface area contributed by atoms with Crippen molar-refractivity contribution >= 4 is 0 Å². The SMILES string of the molecule is C=C(N[C@H](C(=C)N1CC2C(C1C(=C)NC(CC1CCC1)C(=C)C(=C)NC)C2(C)C)C(C)(C)C)NC(C)(C)C. The van der Waals surface area contributed by atoms with Crippen molar-refractivity contribution in [3.8, 4) is 0 Å². The zero-order chi connectivity index (χ0) is 28.8. The van der Waals surface area contributed by atoms with Crippen molar-refractivity contribution < 1.29 is 0 Å². The van der Waals surface area contributed by atoms with Gasteiger partial charge in [-0.3, -0.25) is 0 Å². The number of nitrogens with zero attached hydrogens (tertiary/aromatic N) is 1. The van der Waals surface area contributed by atoms with Crippen molar-refractivity contribution in [3.63, 3.8) is 0 Å². The zero-order valence-electron chi connectivity index (χ0n) is 26.0. The second-order valence-corrected chi connectivity index (χ2v) is 14.8. The maximum absolute atomic E-state index is 4.70. The highest BCUT2D eigenvalue weighted by Gasteiger charge is 2.67. The first-order chi connectivity index (χ1) is 17.4. The van der Waals surface area contributed by atoms with E-state index in [1.165, 1.54) is 19.3 Å². The Morgan fingerprint density at radius 2 is 1.58 bits per heavy atom. The zero-order valence-corrected chi connectivity index (χ0v) is 26.0. The van der Waals surface area contributed by atoms with Gasteiger partial charge in [-0.1, -0.05) is 86.8 Å². The molecule has 1 saturated heterocycles. The summed E-state index contributed by atoms with van der Waals surface area (Å²) in [4.78, 5) is 2.53. The third-order valence-corrected chi connectivity index (χ3v) is 9.24. The molecular formula is C33H57N5. The first-order valence-corrected chi connectivity index (χ1v) is 14.6. The van der Waals surface area contributed by atoms with Gasteiger partial charge in [0.1, 0.15) is 0 Å². The largest absolute Gasteiger partial charge is 0.388 e. The van der Waals surface area contributed by atoms with E-state index in [-0.39, 0.29) is 29.1 Å². The van der Waals surface area contributed by atoms with E-state index >= 15 is 0 Å². The highest BCUT2D eigenvalue weighted by molar-refractivity contribution is 5.34. The fraction of sp³-hybridized carbons (Fsp3) is 0.697. The minimum atomic E-state index is -0.0664. The van der Waals surface area contributed by atoms with Gasteiger partial charge in [0, 0.05) is 36.2 Å². The van der Waals surface area contributed by atoms with Gasteiger partial charge in [-0.15, -0.1) is 0 Å². The first-order valence-electron chi connectivity index (χ1n) is 14.6. The van der Waals surface area contributed by atoms with Crippen LogP contribution in [0.3, 0.4) is 0 Å². The van der Waals surface area contributed by atoms with Crippen LogP contribution in [0.15, 0.2) is 61.4 Å². The van der Waals surface area contributed by atoms with Crippen LogP contribution in [-0.4, -0.2) is 42.2 Å². The lowest BCUT2D eigenvalue weighted by Crippen LogP contribution is -2.53. The van der Waals surface area contributed by atoms with Gasteiger partial charge in [0.05, 0.1) is 23.9 Å². The number of hydrogen-bond acceptors (Lipinski definition) is 5. The molecule has 3 aliphatic rings. The molecule has 5 atom stereocenters. The smallest absolute Gasteiger partial charge is 0.0921 e. The van der Waals surface area contributed by atoms with E-state index in [2.05, 4.69) is 108 Å². The van der Waals surface area contributed by atoms with Crippen LogP contribution >= 0.6 is 0 Å². The summed E-state index contributed by atoms with van der Waals surface area (Å²) in [6, 6.07) is 0.360. The van der Waals surface area contributed by atoms with Crippen molar-refractivity contribution in [1.29, 1.82) is 0 Å². The minimum absolute atomic E-state index is 0.0329. The number of hydrogen-bond donors (Lipinski definition) is 4. The Morgan fingerprint density at radius 1 is 0.974 bits per heavy atom. The standard InChI is InChI=1S/C33H57N5/c1-20(21(2)34-14)27(18-25-16-15-17-25)35-22(3)29-28-26(33(28,12)13)19-38(29)23(4)30(31(6,7)8)36-24(5)37-32(9,10)11/h25-30,34-37H,1-5,15-19H2,6-14H3/t26?,27?,28?,29?,30-/m1/s1. The van der Waals surface area contributed by atoms with Crippen LogP contribution in [-0.2, 0) is 0 Å². The van der Waals surface area contributed by atoms with Crippen LogP contribution in [0.4, 0.5) is 0 Å². The average molecular weight is 524 g/mol. The summed E-state index contributed by atoms with van der Waals surface area (Å²) < 4.78 is 0. The summed E-state index contributed by atoms with van der Waals surface area (Å²) >= 11 is 0. The summed E-state index contributed by atoms with van der Waals surface area (Å²) in [6.07, 6.45) is 5.02. The molecule has 4 N–H and O–H groups in total. The van der Waals surface area contributed by atoms with Gasteiger partial charge in [-0.25, -0.2) is 0 Å². The number of rotatable bonds is 13. The van der Waals surface area contributed by atoms with E-state index in [1.54, 1.807) is 0 Å². The average Bonchev–Trinajstić information content (AvgIpc) is 3.08. The quantitative estimate of drug-likeness (QED) is 0.214. The molecule has 5 heteroatoms. The van der Waals surface area contributed by atoms with Gasteiger partial charge >= 0.3 is 0 Å². The Labute approximate surface area is 234 Å². The molecule has 2 aliphatic carbocycles. The molecule has 0 radical (unpaired) electrons. The second kappa shape index (κ2) is 10.7. The molecule has 214 valence electrons. The number of piperidine rings is 1. The molecule has 1 aliphatic heterocycles. The molecule has 0 aromatic rings. The van der Waals surface area contributed by atoms with Crippen LogP contribution in [0.5, 0.6) is 0 Å². The molecule has 3 rings (SSSR count). The number of nitrogens with one attached hydrogen (secondary N) is 4. The van der Waals surface area contributed by atoms with Gasteiger partial charge < -0.3 is 26.2 Å². The lowest BCUT2D eigenvalue weighted by molar-refractivity contribution is 0.192. The molecule has 5 nitrogen and oxygen atoms in total.